The Morgan fingerprint density at radius 3 is 2.58 bits per heavy atom. The SMILES string of the molecule is COc1ccccc1NS(=O)(=O)c1cc(NC(=O)c2n[nH]c3ccccc23)ccc1C. The van der Waals surface area contributed by atoms with Gasteiger partial charge >= 0.3 is 0 Å². The topological polar surface area (TPSA) is 113 Å². The predicted molar refractivity (Wildman–Crippen MR) is 119 cm³/mol. The molecule has 3 aromatic carbocycles. The highest BCUT2D eigenvalue weighted by atomic mass is 32.2. The number of nitrogens with one attached hydrogen (secondary N) is 3. The largest absolute Gasteiger partial charge is 0.495 e. The van der Waals surface area contributed by atoms with E-state index in [0.717, 1.165) is 5.52 Å². The van der Waals surface area contributed by atoms with E-state index < -0.39 is 15.9 Å². The first-order chi connectivity index (χ1) is 14.9. The second kappa shape index (κ2) is 8.11. The van der Waals surface area contributed by atoms with Crippen LogP contribution < -0.4 is 14.8 Å². The van der Waals surface area contributed by atoms with Crippen molar-refractivity contribution in [3.8, 4) is 5.75 Å². The van der Waals surface area contributed by atoms with E-state index in [9.17, 15) is 13.2 Å². The molecule has 9 heteroatoms. The smallest absolute Gasteiger partial charge is 0.276 e. The van der Waals surface area contributed by atoms with Crippen molar-refractivity contribution in [3.63, 3.8) is 0 Å². The van der Waals surface area contributed by atoms with Crippen LogP contribution in [0.1, 0.15) is 16.1 Å². The van der Waals surface area contributed by atoms with Crippen molar-refractivity contribution in [2.75, 3.05) is 17.1 Å². The third-order valence-electron chi connectivity index (χ3n) is 4.77. The van der Waals surface area contributed by atoms with Crippen molar-refractivity contribution >= 4 is 38.2 Å². The number of benzene rings is 3. The number of hydrogen-bond acceptors (Lipinski definition) is 5. The molecule has 0 atom stereocenters. The summed E-state index contributed by atoms with van der Waals surface area (Å²) in [7, 11) is -2.46. The second-order valence-corrected chi connectivity index (χ2v) is 8.51. The molecule has 0 aliphatic rings. The molecule has 0 saturated heterocycles. The number of methoxy groups -OCH3 is 1. The van der Waals surface area contributed by atoms with Crippen LogP contribution in [-0.2, 0) is 10.0 Å². The molecule has 0 radical (unpaired) electrons. The van der Waals surface area contributed by atoms with Crippen LogP contribution in [0.25, 0.3) is 10.9 Å². The molecule has 0 spiro atoms. The molecule has 0 aliphatic carbocycles. The van der Waals surface area contributed by atoms with E-state index in [0.29, 0.717) is 28.1 Å². The molecule has 1 amide bonds. The van der Waals surface area contributed by atoms with Crippen LogP contribution in [0.3, 0.4) is 0 Å². The Balaban J connectivity index is 1.63. The van der Waals surface area contributed by atoms with Gasteiger partial charge in [-0.3, -0.25) is 14.6 Å². The second-order valence-electron chi connectivity index (χ2n) is 6.86. The van der Waals surface area contributed by atoms with E-state index in [1.807, 2.05) is 18.2 Å². The molecule has 8 nitrogen and oxygen atoms in total. The van der Waals surface area contributed by atoms with Crippen molar-refractivity contribution in [1.82, 2.24) is 10.2 Å². The van der Waals surface area contributed by atoms with Crippen LogP contribution >= 0.6 is 0 Å². The molecule has 31 heavy (non-hydrogen) atoms. The molecule has 3 N–H and O–H groups in total. The number of H-pyrrole nitrogens is 1. The molecule has 0 unspecified atom stereocenters. The molecular formula is C22H20N4O4S. The zero-order valence-corrected chi connectivity index (χ0v) is 17.7. The van der Waals surface area contributed by atoms with Gasteiger partial charge < -0.3 is 10.1 Å². The summed E-state index contributed by atoms with van der Waals surface area (Å²) in [5.74, 6) is -0.0408. The Bertz CT molecular complexity index is 1380. The molecular weight excluding hydrogens is 416 g/mol. The Morgan fingerprint density at radius 2 is 1.77 bits per heavy atom. The van der Waals surface area contributed by atoms with Gasteiger partial charge in [0.1, 0.15) is 5.75 Å². The van der Waals surface area contributed by atoms with Gasteiger partial charge in [-0.2, -0.15) is 5.10 Å². The lowest BCUT2D eigenvalue weighted by atomic mass is 10.2. The van der Waals surface area contributed by atoms with Crippen molar-refractivity contribution in [1.29, 1.82) is 0 Å². The van der Waals surface area contributed by atoms with E-state index >= 15 is 0 Å². The van der Waals surface area contributed by atoms with E-state index in [2.05, 4.69) is 20.2 Å². The van der Waals surface area contributed by atoms with Crippen LogP contribution in [0.15, 0.2) is 71.6 Å². The fourth-order valence-electron chi connectivity index (χ4n) is 3.22. The zero-order valence-electron chi connectivity index (χ0n) is 16.8. The van der Waals surface area contributed by atoms with Gasteiger partial charge in [0.15, 0.2) is 5.69 Å². The van der Waals surface area contributed by atoms with E-state index in [-0.39, 0.29) is 10.6 Å². The molecule has 158 valence electrons. The van der Waals surface area contributed by atoms with Gasteiger partial charge in [0, 0.05) is 11.1 Å². The highest BCUT2D eigenvalue weighted by Crippen LogP contribution is 2.28. The highest BCUT2D eigenvalue weighted by molar-refractivity contribution is 7.92. The normalized spacial score (nSPS) is 11.3. The van der Waals surface area contributed by atoms with Gasteiger partial charge in [0.05, 0.1) is 23.2 Å². The molecule has 0 fully saturated rings. The van der Waals surface area contributed by atoms with E-state index in [1.54, 1.807) is 49.4 Å². The summed E-state index contributed by atoms with van der Waals surface area (Å²) in [5, 5.41) is 10.3. The number of amides is 1. The minimum absolute atomic E-state index is 0.0445. The van der Waals surface area contributed by atoms with E-state index in [1.165, 1.54) is 13.2 Å². The average molecular weight is 436 g/mol. The summed E-state index contributed by atoms with van der Waals surface area (Å²) in [4.78, 5) is 12.8. The number of anilines is 2. The van der Waals surface area contributed by atoms with Gasteiger partial charge in [-0.15, -0.1) is 0 Å². The Labute approximate surface area is 179 Å². The number of hydrogen-bond donors (Lipinski definition) is 3. The summed E-state index contributed by atoms with van der Waals surface area (Å²) in [6.45, 7) is 1.68. The number of aromatic nitrogens is 2. The highest BCUT2D eigenvalue weighted by Gasteiger charge is 2.21. The lowest BCUT2D eigenvalue weighted by molar-refractivity contribution is 0.102. The average Bonchev–Trinajstić information content (AvgIpc) is 3.19. The number of carbonyl (C=O) groups excluding carboxylic acids is 1. The number of fused-ring (bicyclic) bond motifs is 1. The maximum atomic E-state index is 13.0. The maximum Gasteiger partial charge on any atom is 0.276 e. The summed E-state index contributed by atoms with van der Waals surface area (Å²) in [6.07, 6.45) is 0. The predicted octanol–water partition coefficient (Wildman–Crippen LogP) is 3.93. The number of sulfonamides is 1. The van der Waals surface area contributed by atoms with Gasteiger partial charge in [-0.1, -0.05) is 36.4 Å². The number of ether oxygens (including phenoxy) is 1. The van der Waals surface area contributed by atoms with Crippen molar-refractivity contribution in [2.45, 2.75) is 11.8 Å². The molecule has 0 bridgehead atoms. The van der Waals surface area contributed by atoms with Crippen LogP contribution in [0, 0.1) is 6.92 Å². The number of nitrogens with zero attached hydrogens (tertiary/aromatic N) is 1. The Hall–Kier alpha value is -3.85. The van der Waals surface area contributed by atoms with E-state index in [4.69, 9.17) is 4.74 Å². The lowest BCUT2D eigenvalue weighted by Gasteiger charge is -2.14. The van der Waals surface area contributed by atoms with Gasteiger partial charge in [-0.25, -0.2) is 8.42 Å². The fourth-order valence-corrected chi connectivity index (χ4v) is 4.57. The number of aryl methyl sites for hydroxylation is 1. The monoisotopic (exact) mass is 436 g/mol. The molecule has 0 aliphatic heterocycles. The van der Waals surface area contributed by atoms with Crippen molar-refractivity contribution < 1.29 is 17.9 Å². The van der Waals surface area contributed by atoms with Crippen molar-refractivity contribution in [3.05, 3.63) is 78.0 Å². The summed E-state index contributed by atoms with van der Waals surface area (Å²) in [6, 6.07) is 18.7. The third-order valence-corrected chi connectivity index (χ3v) is 6.28. The first-order valence-electron chi connectivity index (χ1n) is 9.40. The maximum absolute atomic E-state index is 13.0. The number of para-hydroxylation sites is 3. The third kappa shape index (κ3) is 4.08. The Morgan fingerprint density at radius 1 is 1.03 bits per heavy atom. The molecule has 4 rings (SSSR count). The van der Waals surface area contributed by atoms with Gasteiger partial charge in [0.25, 0.3) is 15.9 Å². The molecule has 1 heterocycles. The Kier molecular flexibility index (Phi) is 5.35. The van der Waals surface area contributed by atoms with Crippen LogP contribution in [-0.4, -0.2) is 31.6 Å². The number of rotatable bonds is 6. The van der Waals surface area contributed by atoms with Crippen LogP contribution in [0.2, 0.25) is 0 Å². The lowest BCUT2D eigenvalue weighted by Crippen LogP contribution is -2.17. The molecule has 1 aromatic heterocycles. The summed E-state index contributed by atoms with van der Waals surface area (Å²) in [5.41, 5.74) is 2.16. The van der Waals surface area contributed by atoms with Gasteiger partial charge in [-0.05, 0) is 42.8 Å². The van der Waals surface area contributed by atoms with Crippen LogP contribution in [0.5, 0.6) is 5.75 Å². The zero-order chi connectivity index (χ0) is 22.0. The minimum atomic E-state index is -3.93. The summed E-state index contributed by atoms with van der Waals surface area (Å²) >= 11 is 0. The van der Waals surface area contributed by atoms with Gasteiger partial charge in [0.2, 0.25) is 0 Å². The molecule has 4 aromatic rings. The fraction of sp³-hybridized carbons (Fsp3) is 0.0909. The first-order valence-corrected chi connectivity index (χ1v) is 10.9. The van der Waals surface area contributed by atoms with Crippen molar-refractivity contribution in [2.24, 2.45) is 0 Å². The number of carbonyl (C=O) groups is 1. The quantitative estimate of drug-likeness (QED) is 0.424. The summed E-state index contributed by atoms with van der Waals surface area (Å²) < 4.78 is 33.8. The standard InChI is InChI=1S/C22H20N4O4S/c1-14-11-12-15(23-22(27)21-16-7-3-4-8-17(16)24-25-21)13-20(14)31(28,29)26-18-9-5-6-10-19(18)30-2/h3-13,26H,1-2H3,(H,23,27)(H,24,25). The minimum Gasteiger partial charge on any atom is -0.495 e. The first kappa shape index (κ1) is 20.4. The van der Waals surface area contributed by atoms with Crippen LogP contribution in [0.4, 0.5) is 11.4 Å². The number of aromatic amines is 1. The molecule has 0 saturated carbocycles.